The molecule has 2 aromatic carbocycles. The van der Waals surface area contributed by atoms with E-state index >= 15 is 0 Å². The normalized spacial score (nSPS) is 10.7. The molecule has 30 heavy (non-hydrogen) atoms. The number of halogens is 3. The quantitative estimate of drug-likeness (QED) is 0.619. The first-order valence-corrected chi connectivity index (χ1v) is 8.37. The highest BCUT2D eigenvalue weighted by Crippen LogP contribution is 2.19. The van der Waals surface area contributed by atoms with Gasteiger partial charge in [-0.15, -0.1) is 0 Å². The Morgan fingerprint density at radius 2 is 1.27 bits per heavy atom. The average Bonchev–Trinajstić information content (AvgIpc) is 2.67. The fourth-order valence-corrected chi connectivity index (χ4v) is 2.14. The number of nitrogens with one attached hydrogen (secondary N) is 3. The van der Waals surface area contributed by atoms with Crippen LogP contribution < -0.4 is 16.0 Å². The Morgan fingerprint density at radius 1 is 0.800 bits per heavy atom. The second kappa shape index (κ2) is 9.54. The van der Waals surface area contributed by atoms with Gasteiger partial charge in [-0.1, -0.05) is 0 Å². The SMILES string of the molecule is CC(=O)Nc1ccc(NC(=O)COC(=O)c2ccc(NC(=O)C(F)(F)F)cc2)cc1. The molecule has 2 aromatic rings. The summed E-state index contributed by atoms with van der Waals surface area (Å²) >= 11 is 0. The van der Waals surface area contributed by atoms with Crippen LogP contribution in [0.25, 0.3) is 0 Å². The van der Waals surface area contributed by atoms with E-state index < -0.39 is 30.6 Å². The van der Waals surface area contributed by atoms with Crippen LogP contribution in [-0.4, -0.2) is 36.5 Å². The maximum absolute atomic E-state index is 12.2. The van der Waals surface area contributed by atoms with Crippen molar-refractivity contribution in [1.29, 1.82) is 0 Å². The third kappa shape index (κ3) is 6.93. The van der Waals surface area contributed by atoms with Crippen molar-refractivity contribution in [1.82, 2.24) is 0 Å². The number of hydrogen-bond donors (Lipinski definition) is 3. The molecule has 158 valence electrons. The van der Waals surface area contributed by atoms with Crippen molar-refractivity contribution in [2.75, 3.05) is 22.6 Å². The number of benzene rings is 2. The molecule has 0 radical (unpaired) electrons. The monoisotopic (exact) mass is 423 g/mol. The topological polar surface area (TPSA) is 114 Å². The van der Waals surface area contributed by atoms with Crippen molar-refractivity contribution < 1.29 is 37.1 Å². The first kappa shape index (κ1) is 22.4. The summed E-state index contributed by atoms with van der Waals surface area (Å²) < 4.78 is 41.4. The van der Waals surface area contributed by atoms with Gasteiger partial charge in [-0.3, -0.25) is 14.4 Å². The first-order chi connectivity index (χ1) is 14.0. The van der Waals surface area contributed by atoms with Crippen molar-refractivity contribution >= 4 is 40.8 Å². The fourth-order valence-electron chi connectivity index (χ4n) is 2.14. The predicted molar refractivity (Wildman–Crippen MR) is 101 cm³/mol. The number of amides is 3. The number of anilines is 3. The van der Waals surface area contributed by atoms with Crippen molar-refractivity contribution in [3.63, 3.8) is 0 Å². The van der Waals surface area contributed by atoms with Crippen LogP contribution in [-0.2, 0) is 19.1 Å². The number of rotatable bonds is 6. The van der Waals surface area contributed by atoms with Gasteiger partial charge in [-0.05, 0) is 48.5 Å². The lowest BCUT2D eigenvalue weighted by atomic mass is 10.2. The molecule has 0 saturated heterocycles. The minimum absolute atomic E-state index is 0.0209. The third-order valence-corrected chi connectivity index (χ3v) is 3.46. The predicted octanol–water partition coefficient (Wildman–Crippen LogP) is 2.94. The van der Waals surface area contributed by atoms with Crippen LogP contribution in [0.3, 0.4) is 0 Å². The largest absolute Gasteiger partial charge is 0.471 e. The molecule has 0 unspecified atom stereocenters. The van der Waals surface area contributed by atoms with Gasteiger partial charge in [0.15, 0.2) is 6.61 Å². The van der Waals surface area contributed by atoms with Crippen LogP contribution in [0.1, 0.15) is 17.3 Å². The van der Waals surface area contributed by atoms with Gasteiger partial charge in [-0.2, -0.15) is 13.2 Å². The Kier molecular flexibility index (Phi) is 7.13. The number of alkyl halides is 3. The smallest absolute Gasteiger partial charge is 0.452 e. The fraction of sp³-hybridized carbons (Fsp3) is 0.158. The molecule has 0 saturated carbocycles. The molecule has 0 aliphatic heterocycles. The summed E-state index contributed by atoms with van der Waals surface area (Å²) in [6.07, 6.45) is -5.03. The standard InChI is InChI=1S/C19H16F3N3O5/c1-11(26)23-13-6-8-14(9-7-13)24-16(27)10-30-17(28)12-2-4-15(5-3-12)25-18(29)19(20,21)22/h2-9H,10H2,1H3,(H,23,26)(H,24,27)(H,25,29). The molecule has 0 aromatic heterocycles. The van der Waals surface area contributed by atoms with Crippen molar-refractivity contribution in [3.8, 4) is 0 Å². The van der Waals surface area contributed by atoms with Crippen LogP contribution in [0.15, 0.2) is 48.5 Å². The minimum Gasteiger partial charge on any atom is -0.452 e. The van der Waals surface area contributed by atoms with E-state index in [2.05, 4.69) is 10.6 Å². The van der Waals surface area contributed by atoms with Gasteiger partial charge in [0, 0.05) is 24.0 Å². The van der Waals surface area contributed by atoms with E-state index in [1.54, 1.807) is 29.6 Å². The zero-order valence-corrected chi connectivity index (χ0v) is 15.5. The summed E-state index contributed by atoms with van der Waals surface area (Å²) in [4.78, 5) is 45.6. The van der Waals surface area contributed by atoms with E-state index in [-0.39, 0.29) is 17.2 Å². The first-order valence-electron chi connectivity index (χ1n) is 8.37. The van der Waals surface area contributed by atoms with Gasteiger partial charge in [0.05, 0.1) is 5.56 Å². The van der Waals surface area contributed by atoms with E-state index in [0.717, 1.165) is 24.3 Å². The average molecular weight is 423 g/mol. The summed E-state index contributed by atoms with van der Waals surface area (Å²) in [5, 5.41) is 6.69. The molecule has 8 nitrogen and oxygen atoms in total. The minimum atomic E-state index is -5.03. The lowest BCUT2D eigenvalue weighted by Gasteiger charge is -2.09. The van der Waals surface area contributed by atoms with Crippen LogP contribution in [0.4, 0.5) is 30.2 Å². The summed E-state index contributed by atoms with van der Waals surface area (Å²) in [6.45, 7) is 0.759. The van der Waals surface area contributed by atoms with Gasteiger partial charge in [0.1, 0.15) is 0 Å². The molecule has 2 rings (SSSR count). The van der Waals surface area contributed by atoms with Gasteiger partial charge in [0.2, 0.25) is 5.91 Å². The zero-order valence-electron chi connectivity index (χ0n) is 15.5. The molecular formula is C19H16F3N3O5. The number of ether oxygens (including phenoxy) is 1. The molecule has 0 aliphatic carbocycles. The molecule has 0 fully saturated rings. The second-order valence-corrected chi connectivity index (χ2v) is 5.91. The van der Waals surface area contributed by atoms with Crippen LogP contribution in [0, 0.1) is 0 Å². The van der Waals surface area contributed by atoms with E-state index in [9.17, 15) is 32.3 Å². The van der Waals surface area contributed by atoms with Crippen molar-refractivity contribution in [2.45, 2.75) is 13.1 Å². The second-order valence-electron chi connectivity index (χ2n) is 5.91. The molecule has 3 amide bonds. The van der Waals surface area contributed by atoms with Gasteiger partial charge in [-0.25, -0.2) is 4.79 Å². The van der Waals surface area contributed by atoms with Gasteiger partial charge in [0.25, 0.3) is 5.91 Å². The van der Waals surface area contributed by atoms with E-state index in [4.69, 9.17) is 4.74 Å². The van der Waals surface area contributed by atoms with Crippen LogP contribution in [0.5, 0.6) is 0 Å². The maximum Gasteiger partial charge on any atom is 0.471 e. The maximum atomic E-state index is 12.2. The Labute approximate surface area is 168 Å². The Balaban J connectivity index is 1.84. The van der Waals surface area contributed by atoms with Crippen molar-refractivity contribution in [2.24, 2.45) is 0 Å². The highest BCUT2D eigenvalue weighted by molar-refractivity contribution is 5.97. The number of hydrogen-bond acceptors (Lipinski definition) is 5. The molecule has 0 aliphatic rings. The summed E-state index contributed by atoms with van der Waals surface area (Å²) in [5.41, 5.74) is 0.776. The van der Waals surface area contributed by atoms with Crippen molar-refractivity contribution in [3.05, 3.63) is 54.1 Å². The lowest BCUT2D eigenvalue weighted by molar-refractivity contribution is -0.167. The summed E-state index contributed by atoms with van der Waals surface area (Å²) in [6, 6.07) is 10.7. The molecular weight excluding hydrogens is 407 g/mol. The molecule has 0 heterocycles. The molecule has 0 spiro atoms. The number of carbonyl (C=O) groups is 4. The molecule has 0 bridgehead atoms. The van der Waals surface area contributed by atoms with E-state index in [1.807, 2.05) is 0 Å². The molecule has 3 N–H and O–H groups in total. The number of esters is 1. The van der Waals surface area contributed by atoms with E-state index in [1.165, 1.54) is 6.92 Å². The molecule has 11 heteroatoms. The summed E-state index contributed by atoms with van der Waals surface area (Å²) in [5.74, 6) is -3.88. The van der Waals surface area contributed by atoms with Crippen LogP contribution >= 0.6 is 0 Å². The Bertz CT molecular complexity index is 941. The van der Waals surface area contributed by atoms with E-state index in [0.29, 0.717) is 11.4 Å². The Hall–Kier alpha value is -3.89. The van der Waals surface area contributed by atoms with Gasteiger partial charge >= 0.3 is 18.1 Å². The zero-order chi connectivity index (χ0) is 22.3. The molecule has 0 atom stereocenters. The van der Waals surface area contributed by atoms with Gasteiger partial charge < -0.3 is 20.7 Å². The number of carbonyl (C=O) groups excluding carboxylic acids is 4. The van der Waals surface area contributed by atoms with Crippen LogP contribution in [0.2, 0.25) is 0 Å². The third-order valence-electron chi connectivity index (χ3n) is 3.46. The lowest BCUT2D eigenvalue weighted by Crippen LogP contribution is -2.29. The highest BCUT2D eigenvalue weighted by Gasteiger charge is 2.38. The highest BCUT2D eigenvalue weighted by atomic mass is 19.4. The Morgan fingerprint density at radius 3 is 1.77 bits per heavy atom. The summed E-state index contributed by atoms with van der Waals surface area (Å²) in [7, 11) is 0.